The van der Waals surface area contributed by atoms with Gasteiger partial charge in [-0.2, -0.15) is 0 Å². The molecule has 0 aromatic heterocycles. The molecule has 196 valence electrons. The molecular formula is C29H39Cl2N3O2. The highest BCUT2D eigenvalue weighted by Crippen LogP contribution is 2.31. The summed E-state index contributed by atoms with van der Waals surface area (Å²) in [5.74, 6) is 0.652. The maximum absolute atomic E-state index is 11.0. The molecule has 0 bridgehead atoms. The first-order valence-corrected chi connectivity index (χ1v) is 14.2. The van der Waals surface area contributed by atoms with E-state index in [9.17, 15) is 4.79 Å². The number of nitrogens with zero attached hydrogens (tertiary/aromatic N) is 2. The average Bonchev–Trinajstić information content (AvgIpc) is 3.65. The number of ether oxygens (including phenoxy) is 1. The van der Waals surface area contributed by atoms with Crippen LogP contribution in [0, 0.1) is 5.92 Å². The Balaban J connectivity index is 0.000000179. The van der Waals surface area contributed by atoms with Crippen LogP contribution in [-0.2, 0) is 11.2 Å². The van der Waals surface area contributed by atoms with E-state index in [-0.39, 0.29) is 11.8 Å². The molecule has 0 radical (unpaired) electrons. The van der Waals surface area contributed by atoms with Crippen LogP contribution < -0.4 is 15.4 Å². The van der Waals surface area contributed by atoms with Gasteiger partial charge >= 0.3 is 0 Å². The Bertz CT molecular complexity index is 973. The molecule has 3 fully saturated rings. The normalized spacial score (nSPS) is 20.4. The predicted molar refractivity (Wildman–Crippen MR) is 149 cm³/mol. The molecule has 3 aliphatic rings. The summed E-state index contributed by atoms with van der Waals surface area (Å²) in [5, 5.41) is 1.50. The van der Waals surface area contributed by atoms with E-state index >= 15 is 0 Å². The molecule has 2 aromatic rings. The molecule has 1 aliphatic carbocycles. The minimum atomic E-state index is -0.202. The second-order valence-corrected chi connectivity index (χ2v) is 11.1. The second-order valence-electron chi connectivity index (χ2n) is 10.3. The van der Waals surface area contributed by atoms with Gasteiger partial charge in [-0.05, 0) is 119 Å². The van der Waals surface area contributed by atoms with Crippen molar-refractivity contribution in [1.82, 2.24) is 4.90 Å². The van der Waals surface area contributed by atoms with Crippen LogP contribution >= 0.6 is 23.2 Å². The van der Waals surface area contributed by atoms with Crippen LogP contribution in [0.3, 0.4) is 0 Å². The van der Waals surface area contributed by atoms with E-state index in [0.29, 0.717) is 6.10 Å². The number of hydrogen-bond acceptors (Lipinski definition) is 4. The van der Waals surface area contributed by atoms with E-state index in [1.165, 1.54) is 70.1 Å². The number of hydrogen-bond donors (Lipinski definition) is 1. The Labute approximate surface area is 225 Å². The maximum atomic E-state index is 11.0. The molecule has 1 atom stereocenters. The third kappa shape index (κ3) is 8.03. The highest BCUT2D eigenvalue weighted by Gasteiger charge is 2.26. The molecule has 2 heterocycles. The summed E-state index contributed by atoms with van der Waals surface area (Å²) in [5.41, 5.74) is 7.71. The summed E-state index contributed by atoms with van der Waals surface area (Å²) in [6.45, 7) is 5.40. The molecule has 0 spiro atoms. The van der Waals surface area contributed by atoms with E-state index in [0.717, 1.165) is 47.4 Å². The quantitative estimate of drug-likeness (QED) is 0.431. The topological polar surface area (TPSA) is 58.8 Å². The van der Waals surface area contributed by atoms with Crippen molar-refractivity contribution in [3.63, 3.8) is 0 Å². The fourth-order valence-corrected chi connectivity index (χ4v) is 5.75. The lowest BCUT2D eigenvalue weighted by Crippen LogP contribution is -2.27. The number of carbonyl (C=O) groups excluding carboxylic acids is 1. The number of anilines is 1. The van der Waals surface area contributed by atoms with Gasteiger partial charge in [-0.25, -0.2) is 0 Å². The molecule has 2 N–H and O–H groups in total. The number of primary amides is 1. The number of carbonyl (C=O) groups is 1. The Morgan fingerprint density at radius 1 is 0.944 bits per heavy atom. The van der Waals surface area contributed by atoms with E-state index in [1.807, 2.05) is 24.3 Å². The van der Waals surface area contributed by atoms with E-state index in [1.54, 1.807) is 0 Å². The zero-order valence-corrected chi connectivity index (χ0v) is 22.7. The van der Waals surface area contributed by atoms with Crippen molar-refractivity contribution in [2.24, 2.45) is 11.7 Å². The van der Waals surface area contributed by atoms with Gasteiger partial charge in [-0.3, -0.25) is 4.79 Å². The highest BCUT2D eigenvalue weighted by molar-refractivity contribution is 6.32. The Kier molecular flexibility index (Phi) is 10.2. The van der Waals surface area contributed by atoms with E-state index in [4.69, 9.17) is 33.7 Å². The molecule has 2 saturated heterocycles. The number of likely N-dealkylation sites (tertiary alicyclic amines) is 1. The zero-order chi connectivity index (χ0) is 25.3. The van der Waals surface area contributed by atoms with Crippen molar-refractivity contribution in [3.05, 3.63) is 58.1 Å². The lowest BCUT2D eigenvalue weighted by molar-refractivity contribution is -0.121. The minimum absolute atomic E-state index is 0.0133. The molecule has 5 rings (SSSR count). The van der Waals surface area contributed by atoms with Gasteiger partial charge < -0.3 is 20.3 Å². The summed E-state index contributed by atoms with van der Waals surface area (Å²) in [6, 6.07) is 14.0. The first kappa shape index (κ1) is 27.1. The van der Waals surface area contributed by atoms with Crippen molar-refractivity contribution < 1.29 is 9.53 Å². The number of rotatable bonds is 8. The minimum Gasteiger partial charge on any atom is -0.489 e. The molecule has 36 heavy (non-hydrogen) atoms. The largest absolute Gasteiger partial charge is 0.489 e. The SMILES string of the molecule is Clc1cc(CCCN2CCCC2)ccc1OC1CCCC1.NC(=O)C1CCN(c2ccc(Cl)cc2)C1. The fourth-order valence-electron chi connectivity index (χ4n) is 5.37. The van der Waals surface area contributed by atoms with Gasteiger partial charge in [0.15, 0.2) is 0 Å². The molecule has 1 saturated carbocycles. The fraction of sp³-hybridized carbons (Fsp3) is 0.552. The maximum Gasteiger partial charge on any atom is 0.222 e. The number of benzene rings is 2. The van der Waals surface area contributed by atoms with Crippen molar-refractivity contribution in [3.8, 4) is 5.75 Å². The second kappa shape index (κ2) is 13.6. The number of halogens is 2. The lowest BCUT2D eigenvalue weighted by atomic mass is 10.1. The molecule has 2 aromatic carbocycles. The van der Waals surface area contributed by atoms with Crippen LogP contribution in [-0.4, -0.2) is 49.6 Å². The summed E-state index contributed by atoms with van der Waals surface area (Å²) < 4.78 is 6.01. The summed E-state index contributed by atoms with van der Waals surface area (Å²) in [7, 11) is 0. The first-order chi connectivity index (χ1) is 17.5. The zero-order valence-electron chi connectivity index (χ0n) is 21.1. The molecular weight excluding hydrogens is 493 g/mol. The van der Waals surface area contributed by atoms with Gasteiger partial charge in [0, 0.05) is 23.8 Å². The van der Waals surface area contributed by atoms with Crippen molar-refractivity contribution in [2.45, 2.75) is 63.9 Å². The average molecular weight is 533 g/mol. The Hall–Kier alpha value is -1.95. The summed E-state index contributed by atoms with van der Waals surface area (Å²) in [6.07, 6.45) is 11.2. The van der Waals surface area contributed by atoms with Crippen LogP contribution in [0.5, 0.6) is 5.75 Å². The number of aryl methyl sites for hydroxylation is 1. The lowest BCUT2D eigenvalue weighted by Gasteiger charge is -2.17. The van der Waals surface area contributed by atoms with Crippen molar-refractivity contribution >= 4 is 34.8 Å². The summed E-state index contributed by atoms with van der Waals surface area (Å²) in [4.78, 5) is 15.7. The Morgan fingerprint density at radius 3 is 2.31 bits per heavy atom. The van der Waals surface area contributed by atoms with Gasteiger partial charge in [0.05, 0.1) is 17.0 Å². The third-order valence-electron chi connectivity index (χ3n) is 7.51. The van der Waals surface area contributed by atoms with Gasteiger partial charge in [0.1, 0.15) is 5.75 Å². The van der Waals surface area contributed by atoms with Crippen LogP contribution in [0.2, 0.25) is 10.0 Å². The van der Waals surface area contributed by atoms with Crippen LogP contribution in [0.1, 0.15) is 56.9 Å². The smallest absolute Gasteiger partial charge is 0.222 e. The van der Waals surface area contributed by atoms with Gasteiger partial charge in [-0.1, -0.05) is 29.3 Å². The van der Waals surface area contributed by atoms with Crippen LogP contribution in [0.4, 0.5) is 5.69 Å². The van der Waals surface area contributed by atoms with Gasteiger partial charge in [0.25, 0.3) is 0 Å². The molecule has 1 unspecified atom stereocenters. The monoisotopic (exact) mass is 531 g/mol. The van der Waals surface area contributed by atoms with Gasteiger partial charge in [-0.15, -0.1) is 0 Å². The number of nitrogens with two attached hydrogens (primary N) is 1. The molecule has 2 aliphatic heterocycles. The van der Waals surface area contributed by atoms with E-state index in [2.05, 4.69) is 28.0 Å². The van der Waals surface area contributed by atoms with Crippen molar-refractivity contribution in [1.29, 1.82) is 0 Å². The predicted octanol–water partition coefficient (Wildman–Crippen LogP) is 6.34. The standard InChI is InChI=1S/C18H26ClNO.C11H13ClN2O/c19-17-14-15(6-5-13-20-11-3-4-12-20)9-10-18(17)21-16-7-1-2-8-16;12-9-1-3-10(4-2-9)14-6-5-8(7-14)11(13)15/h9-10,14,16H,1-8,11-13H2;1-4,8H,5-7H2,(H2,13,15). The van der Waals surface area contributed by atoms with E-state index < -0.39 is 0 Å². The van der Waals surface area contributed by atoms with Crippen LogP contribution in [0.25, 0.3) is 0 Å². The third-order valence-corrected chi connectivity index (χ3v) is 8.06. The molecule has 7 heteroatoms. The first-order valence-electron chi connectivity index (χ1n) is 13.4. The molecule has 5 nitrogen and oxygen atoms in total. The van der Waals surface area contributed by atoms with Crippen molar-refractivity contribution in [2.75, 3.05) is 37.6 Å². The van der Waals surface area contributed by atoms with Gasteiger partial charge in [0.2, 0.25) is 5.91 Å². The molecule has 1 amide bonds. The number of amides is 1. The Morgan fingerprint density at radius 2 is 1.67 bits per heavy atom. The van der Waals surface area contributed by atoms with Crippen LogP contribution in [0.15, 0.2) is 42.5 Å². The summed E-state index contributed by atoms with van der Waals surface area (Å²) >= 11 is 12.2. The highest BCUT2D eigenvalue weighted by atomic mass is 35.5.